The van der Waals surface area contributed by atoms with Gasteiger partial charge in [-0.3, -0.25) is 0 Å². The first-order valence-corrected chi connectivity index (χ1v) is 8.88. The minimum atomic E-state index is -2.20. The van der Waals surface area contributed by atoms with Gasteiger partial charge in [-0.25, -0.2) is 14.0 Å². The van der Waals surface area contributed by atoms with Crippen LogP contribution in [-0.2, 0) is 23.8 Å². The SMILES string of the molecule is CCOC(=O)[C@@]1(N)[C@H]2[C@@H](C[C@H]1OC1CCCC1)[C@]2(F)C(=O)OCC. The minimum Gasteiger partial charge on any atom is -0.465 e. The van der Waals surface area contributed by atoms with Crippen molar-refractivity contribution >= 4 is 11.9 Å². The summed E-state index contributed by atoms with van der Waals surface area (Å²) >= 11 is 0. The van der Waals surface area contributed by atoms with Crippen LogP contribution in [0.3, 0.4) is 0 Å². The number of hydrogen-bond donors (Lipinski definition) is 1. The number of rotatable bonds is 6. The van der Waals surface area contributed by atoms with Crippen molar-refractivity contribution in [2.75, 3.05) is 13.2 Å². The van der Waals surface area contributed by atoms with Crippen LogP contribution >= 0.6 is 0 Å². The molecule has 3 fully saturated rings. The molecule has 0 aromatic rings. The lowest BCUT2D eigenvalue weighted by atomic mass is 9.87. The molecule has 5 atom stereocenters. The lowest BCUT2D eigenvalue weighted by molar-refractivity contribution is -0.164. The maximum atomic E-state index is 15.2. The summed E-state index contributed by atoms with van der Waals surface area (Å²) in [7, 11) is 0. The van der Waals surface area contributed by atoms with Crippen molar-refractivity contribution < 1.29 is 28.2 Å². The third-order valence-electron chi connectivity index (χ3n) is 5.68. The minimum absolute atomic E-state index is 0.0430. The maximum absolute atomic E-state index is 15.2. The van der Waals surface area contributed by atoms with Crippen molar-refractivity contribution in [3.63, 3.8) is 0 Å². The van der Waals surface area contributed by atoms with Crippen molar-refractivity contribution in [1.29, 1.82) is 0 Å². The van der Waals surface area contributed by atoms with Crippen molar-refractivity contribution in [2.24, 2.45) is 17.6 Å². The first-order chi connectivity index (χ1) is 11.4. The fourth-order valence-corrected chi connectivity index (χ4v) is 4.50. The van der Waals surface area contributed by atoms with Crippen LogP contribution in [0.1, 0.15) is 46.0 Å². The van der Waals surface area contributed by atoms with E-state index < -0.39 is 41.1 Å². The Kier molecular flexibility index (Phi) is 4.59. The van der Waals surface area contributed by atoms with E-state index in [1.807, 2.05) is 0 Å². The summed E-state index contributed by atoms with van der Waals surface area (Å²) < 4.78 is 31.1. The Hall–Kier alpha value is -1.21. The van der Waals surface area contributed by atoms with Crippen molar-refractivity contribution in [1.82, 2.24) is 0 Å². The third-order valence-corrected chi connectivity index (χ3v) is 5.68. The molecule has 3 aliphatic rings. The number of alkyl halides is 1. The highest BCUT2D eigenvalue weighted by Crippen LogP contribution is 2.67. The Balaban J connectivity index is 1.81. The molecule has 0 unspecified atom stereocenters. The number of carbonyl (C=O) groups excluding carboxylic acids is 2. The molecule has 3 rings (SSSR count). The molecule has 6 nitrogen and oxygen atoms in total. The average molecular weight is 343 g/mol. The van der Waals surface area contributed by atoms with Gasteiger partial charge < -0.3 is 19.9 Å². The quantitative estimate of drug-likeness (QED) is 0.735. The molecular formula is C17H26FNO5. The summed E-state index contributed by atoms with van der Waals surface area (Å²) in [6.07, 6.45) is 3.67. The second-order valence-corrected chi connectivity index (χ2v) is 6.99. The highest BCUT2D eigenvalue weighted by Gasteiger charge is 2.85. The zero-order chi connectivity index (χ0) is 17.5. The van der Waals surface area contributed by atoms with E-state index in [1.165, 1.54) is 0 Å². The lowest BCUT2D eigenvalue weighted by Crippen LogP contribution is -2.61. The van der Waals surface area contributed by atoms with Gasteiger partial charge in [0.2, 0.25) is 5.67 Å². The number of ether oxygens (including phenoxy) is 3. The normalized spacial score (nSPS) is 41.1. The van der Waals surface area contributed by atoms with E-state index in [0.29, 0.717) is 0 Å². The topological polar surface area (TPSA) is 87.9 Å². The molecule has 0 bridgehead atoms. The van der Waals surface area contributed by atoms with E-state index in [1.54, 1.807) is 13.8 Å². The summed E-state index contributed by atoms with van der Waals surface area (Å²) in [6, 6.07) is 0. The Labute approximate surface area is 141 Å². The van der Waals surface area contributed by atoms with Gasteiger partial charge >= 0.3 is 11.9 Å². The van der Waals surface area contributed by atoms with Crippen LogP contribution in [0.25, 0.3) is 0 Å². The van der Waals surface area contributed by atoms with E-state index in [2.05, 4.69) is 0 Å². The molecule has 0 radical (unpaired) electrons. The smallest absolute Gasteiger partial charge is 0.344 e. The first kappa shape index (κ1) is 17.6. The van der Waals surface area contributed by atoms with Crippen LogP contribution in [0.15, 0.2) is 0 Å². The van der Waals surface area contributed by atoms with Gasteiger partial charge in [-0.15, -0.1) is 0 Å². The molecule has 3 aliphatic carbocycles. The monoisotopic (exact) mass is 343 g/mol. The second kappa shape index (κ2) is 6.26. The maximum Gasteiger partial charge on any atom is 0.344 e. The predicted octanol–water partition coefficient (Wildman–Crippen LogP) is 1.50. The number of nitrogens with two attached hydrogens (primary N) is 1. The average Bonchev–Trinajstić information content (AvgIpc) is 2.89. The van der Waals surface area contributed by atoms with Crippen LogP contribution in [0.5, 0.6) is 0 Å². The fraction of sp³-hybridized carbons (Fsp3) is 0.882. The van der Waals surface area contributed by atoms with Gasteiger partial charge in [-0.1, -0.05) is 12.8 Å². The van der Waals surface area contributed by atoms with Crippen molar-refractivity contribution in [3.8, 4) is 0 Å². The Bertz CT molecular complexity index is 523. The van der Waals surface area contributed by atoms with Crippen LogP contribution in [-0.4, -0.2) is 48.6 Å². The van der Waals surface area contributed by atoms with Gasteiger partial charge in [0.25, 0.3) is 0 Å². The van der Waals surface area contributed by atoms with E-state index in [0.717, 1.165) is 25.7 Å². The number of esters is 2. The molecule has 0 aromatic carbocycles. The van der Waals surface area contributed by atoms with Crippen LogP contribution < -0.4 is 5.73 Å². The third kappa shape index (κ3) is 2.44. The highest BCUT2D eigenvalue weighted by atomic mass is 19.1. The number of fused-ring (bicyclic) bond motifs is 1. The summed E-state index contributed by atoms with van der Waals surface area (Å²) in [6.45, 7) is 3.51. The molecule has 136 valence electrons. The second-order valence-electron chi connectivity index (χ2n) is 6.99. The van der Waals surface area contributed by atoms with Gasteiger partial charge in [0.05, 0.1) is 25.4 Å². The van der Waals surface area contributed by atoms with Gasteiger partial charge in [0.1, 0.15) is 5.54 Å². The summed E-state index contributed by atoms with van der Waals surface area (Å²) in [4.78, 5) is 24.5. The highest BCUT2D eigenvalue weighted by molar-refractivity contribution is 5.92. The summed E-state index contributed by atoms with van der Waals surface area (Å²) in [5.41, 5.74) is 2.52. The molecular weight excluding hydrogens is 317 g/mol. The van der Waals surface area contributed by atoms with E-state index in [9.17, 15) is 9.59 Å². The van der Waals surface area contributed by atoms with Gasteiger partial charge in [-0.2, -0.15) is 0 Å². The molecule has 3 saturated carbocycles. The van der Waals surface area contributed by atoms with E-state index in [-0.39, 0.29) is 25.7 Å². The van der Waals surface area contributed by atoms with Crippen molar-refractivity contribution in [2.45, 2.75) is 69.4 Å². The molecule has 0 aliphatic heterocycles. The van der Waals surface area contributed by atoms with Gasteiger partial charge in [0, 0.05) is 11.8 Å². The molecule has 0 spiro atoms. The molecule has 0 aromatic heterocycles. The molecule has 0 amide bonds. The van der Waals surface area contributed by atoms with E-state index >= 15 is 4.39 Å². The molecule has 0 heterocycles. The zero-order valence-electron chi connectivity index (χ0n) is 14.3. The number of halogens is 1. The van der Waals surface area contributed by atoms with Crippen LogP contribution in [0, 0.1) is 11.8 Å². The van der Waals surface area contributed by atoms with Crippen LogP contribution in [0.4, 0.5) is 4.39 Å². The van der Waals surface area contributed by atoms with E-state index in [4.69, 9.17) is 19.9 Å². The predicted molar refractivity (Wildman–Crippen MR) is 82.7 cm³/mol. The summed E-state index contributed by atoms with van der Waals surface area (Å²) in [5.74, 6) is -3.20. The molecule has 2 N–H and O–H groups in total. The standard InChI is InChI=1S/C17H26FNO5/c1-3-22-14(20)16(18)11-9-12(24-10-7-5-6-8-10)17(19,13(11)16)15(21)23-4-2/h10-13H,3-9,19H2,1-2H3/t11-,12-,13+,16-,17+/m1/s1. The largest absolute Gasteiger partial charge is 0.465 e. The molecule has 7 heteroatoms. The van der Waals surface area contributed by atoms with Gasteiger partial charge in [-0.05, 0) is 33.1 Å². The first-order valence-electron chi connectivity index (χ1n) is 8.88. The summed E-state index contributed by atoms with van der Waals surface area (Å²) in [5, 5.41) is 0. The Morgan fingerprint density at radius 2 is 1.71 bits per heavy atom. The number of hydrogen-bond acceptors (Lipinski definition) is 6. The Morgan fingerprint density at radius 3 is 2.29 bits per heavy atom. The molecule has 0 saturated heterocycles. The van der Waals surface area contributed by atoms with Crippen LogP contribution in [0.2, 0.25) is 0 Å². The lowest BCUT2D eigenvalue weighted by Gasteiger charge is -2.35. The molecule has 24 heavy (non-hydrogen) atoms. The number of carbonyl (C=O) groups is 2. The Morgan fingerprint density at radius 1 is 1.12 bits per heavy atom. The fourth-order valence-electron chi connectivity index (χ4n) is 4.50. The van der Waals surface area contributed by atoms with Gasteiger partial charge in [0.15, 0.2) is 0 Å². The van der Waals surface area contributed by atoms with Crippen molar-refractivity contribution in [3.05, 3.63) is 0 Å². The zero-order valence-corrected chi connectivity index (χ0v) is 14.3.